The van der Waals surface area contributed by atoms with Gasteiger partial charge < -0.3 is 20.3 Å². The maximum atomic E-state index is 12.4. The molecule has 0 aromatic rings. The fourth-order valence-corrected chi connectivity index (χ4v) is 3.09. The molecule has 27 heavy (non-hydrogen) atoms. The first-order valence-corrected chi connectivity index (χ1v) is 9.47. The number of hydrogen-bond donors (Lipinski definition) is 1. The lowest BCUT2D eigenvalue weighted by Gasteiger charge is -2.33. The summed E-state index contributed by atoms with van der Waals surface area (Å²) >= 11 is 0. The van der Waals surface area contributed by atoms with Crippen molar-refractivity contribution in [3.8, 4) is 0 Å². The molecule has 0 spiro atoms. The first kappa shape index (κ1) is 21.2. The highest BCUT2D eigenvalue weighted by atomic mass is 19.1. The lowest BCUT2D eigenvalue weighted by molar-refractivity contribution is -0.135. The number of carbonyl (C=O) groups excluding carboxylic acids is 1. The Bertz CT molecular complexity index is 640. The van der Waals surface area contributed by atoms with Crippen molar-refractivity contribution in [2.24, 2.45) is 10.7 Å². The average Bonchev–Trinajstić information content (AvgIpc) is 2.63. The van der Waals surface area contributed by atoms with Gasteiger partial charge in [-0.25, -0.2) is 4.39 Å². The second-order valence-corrected chi connectivity index (χ2v) is 7.08. The number of alkyl halides is 1. The molecule has 6 nitrogen and oxygen atoms in total. The summed E-state index contributed by atoms with van der Waals surface area (Å²) < 4.78 is 18.2. The zero-order valence-electron chi connectivity index (χ0n) is 16.5. The molecular formula is C20H31FN4O2. The molecular weight excluding hydrogens is 347 g/mol. The van der Waals surface area contributed by atoms with Crippen molar-refractivity contribution in [1.29, 1.82) is 0 Å². The van der Waals surface area contributed by atoms with E-state index in [1.807, 2.05) is 43.2 Å². The summed E-state index contributed by atoms with van der Waals surface area (Å²) in [5, 5.41) is 0. The summed E-state index contributed by atoms with van der Waals surface area (Å²) in [5.74, 6) is 0.812. The minimum absolute atomic E-state index is 0.0412. The quantitative estimate of drug-likeness (QED) is 0.656. The van der Waals surface area contributed by atoms with E-state index in [0.29, 0.717) is 19.5 Å². The molecule has 1 fully saturated rings. The molecule has 0 aromatic heterocycles. The van der Waals surface area contributed by atoms with Gasteiger partial charge in [-0.05, 0) is 44.1 Å². The Hall–Kier alpha value is -2.15. The van der Waals surface area contributed by atoms with E-state index < -0.39 is 6.67 Å². The van der Waals surface area contributed by atoms with E-state index in [9.17, 15) is 9.18 Å². The van der Waals surface area contributed by atoms with Crippen molar-refractivity contribution >= 4 is 11.6 Å². The van der Waals surface area contributed by atoms with E-state index in [0.717, 1.165) is 23.5 Å². The zero-order chi connectivity index (χ0) is 19.8. The van der Waals surface area contributed by atoms with Crippen molar-refractivity contribution in [1.82, 2.24) is 9.80 Å². The topological polar surface area (TPSA) is 71.2 Å². The van der Waals surface area contributed by atoms with Crippen LogP contribution in [0, 0.1) is 0 Å². The SMILES string of the molecule is CN=C(/C=C/N1CCN(CCF)C(=O)C1)CC1=CC(OC(C)C)=CCC1N. The predicted octanol–water partition coefficient (Wildman–Crippen LogP) is 2.04. The van der Waals surface area contributed by atoms with Gasteiger partial charge in [0.25, 0.3) is 0 Å². The number of ether oxygens (including phenoxy) is 1. The highest BCUT2D eigenvalue weighted by Gasteiger charge is 2.22. The van der Waals surface area contributed by atoms with Crippen molar-refractivity contribution < 1.29 is 13.9 Å². The molecule has 1 heterocycles. The molecule has 2 rings (SSSR count). The Balaban J connectivity index is 1.95. The summed E-state index contributed by atoms with van der Waals surface area (Å²) in [6.07, 6.45) is 9.36. The third-order valence-electron chi connectivity index (χ3n) is 4.60. The minimum Gasteiger partial charge on any atom is -0.491 e. The Morgan fingerprint density at radius 1 is 1.48 bits per heavy atom. The molecule has 1 atom stereocenters. The van der Waals surface area contributed by atoms with Crippen LogP contribution >= 0.6 is 0 Å². The summed E-state index contributed by atoms with van der Waals surface area (Å²) in [6.45, 7) is 5.18. The Labute approximate surface area is 161 Å². The third kappa shape index (κ3) is 6.50. The monoisotopic (exact) mass is 378 g/mol. The number of hydrogen-bond acceptors (Lipinski definition) is 5. The van der Waals surface area contributed by atoms with Gasteiger partial charge in [0.15, 0.2) is 0 Å². The molecule has 1 unspecified atom stereocenters. The molecule has 1 aliphatic heterocycles. The standard InChI is InChI=1S/C20H31FN4O2/c1-15(2)27-18-4-5-19(22)16(13-18)12-17(23-3)6-8-24-10-11-25(9-7-21)20(26)14-24/h4,6,8,13,15,19H,5,7,9-12,14,22H2,1-3H3/b8-6+,23-17?. The molecule has 0 saturated carbocycles. The number of piperazine rings is 1. The maximum Gasteiger partial charge on any atom is 0.242 e. The van der Waals surface area contributed by atoms with E-state index in [1.165, 1.54) is 0 Å². The zero-order valence-corrected chi connectivity index (χ0v) is 16.5. The van der Waals surface area contributed by atoms with Crippen molar-refractivity contribution in [2.45, 2.75) is 38.8 Å². The lowest BCUT2D eigenvalue weighted by Crippen LogP contribution is -2.49. The second kappa shape index (κ2) is 10.3. The largest absolute Gasteiger partial charge is 0.491 e. The van der Waals surface area contributed by atoms with Crippen LogP contribution in [0.2, 0.25) is 0 Å². The second-order valence-electron chi connectivity index (χ2n) is 7.08. The molecule has 1 amide bonds. The van der Waals surface area contributed by atoms with Crippen LogP contribution in [-0.2, 0) is 9.53 Å². The number of nitrogens with zero attached hydrogens (tertiary/aromatic N) is 3. The van der Waals surface area contributed by atoms with Gasteiger partial charge in [0.2, 0.25) is 5.91 Å². The maximum absolute atomic E-state index is 12.4. The first-order valence-electron chi connectivity index (χ1n) is 9.47. The minimum atomic E-state index is -0.499. The van der Waals surface area contributed by atoms with Crippen LogP contribution < -0.4 is 5.73 Å². The number of rotatable bonds is 8. The van der Waals surface area contributed by atoms with Crippen LogP contribution in [-0.4, -0.2) is 73.5 Å². The van der Waals surface area contributed by atoms with E-state index >= 15 is 0 Å². The molecule has 1 aliphatic carbocycles. The van der Waals surface area contributed by atoms with Crippen LogP contribution in [0.15, 0.2) is 40.8 Å². The number of halogens is 1. The molecule has 2 N–H and O–H groups in total. The lowest BCUT2D eigenvalue weighted by atomic mass is 9.94. The van der Waals surface area contributed by atoms with Gasteiger partial charge in [0.1, 0.15) is 12.4 Å². The van der Waals surface area contributed by atoms with Crippen LogP contribution in [0.3, 0.4) is 0 Å². The fraction of sp³-hybridized carbons (Fsp3) is 0.600. The van der Waals surface area contributed by atoms with E-state index in [1.54, 1.807) is 11.9 Å². The molecule has 7 heteroatoms. The third-order valence-corrected chi connectivity index (χ3v) is 4.60. The molecule has 0 radical (unpaired) electrons. The number of nitrogens with two attached hydrogens (primary N) is 1. The normalized spacial score (nSPS) is 21.8. The van der Waals surface area contributed by atoms with Crippen LogP contribution in [0.1, 0.15) is 26.7 Å². The first-order chi connectivity index (χ1) is 12.9. The number of carbonyl (C=O) groups is 1. The van der Waals surface area contributed by atoms with Gasteiger partial charge >= 0.3 is 0 Å². The van der Waals surface area contributed by atoms with Gasteiger partial charge in [-0.2, -0.15) is 0 Å². The summed E-state index contributed by atoms with van der Waals surface area (Å²) in [5.41, 5.74) is 8.21. The van der Waals surface area contributed by atoms with Crippen molar-refractivity contribution in [2.75, 3.05) is 39.9 Å². The van der Waals surface area contributed by atoms with Gasteiger partial charge in [0, 0.05) is 51.1 Å². The predicted molar refractivity (Wildman–Crippen MR) is 106 cm³/mol. The molecule has 0 aromatic carbocycles. The number of aliphatic imine (C=N–C) groups is 1. The van der Waals surface area contributed by atoms with Crippen LogP contribution in [0.25, 0.3) is 0 Å². The van der Waals surface area contributed by atoms with Crippen LogP contribution in [0.5, 0.6) is 0 Å². The van der Waals surface area contributed by atoms with E-state index in [-0.39, 0.29) is 31.1 Å². The highest BCUT2D eigenvalue weighted by molar-refractivity contribution is 5.96. The number of amides is 1. The highest BCUT2D eigenvalue weighted by Crippen LogP contribution is 2.22. The Morgan fingerprint density at radius 2 is 2.26 bits per heavy atom. The fourth-order valence-electron chi connectivity index (χ4n) is 3.09. The Morgan fingerprint density at radius 3 is 2.89 bits per heavy atom. The van der Waals surface area contributed by atoms with Crippen molar-refractivity contribution in [3.63, 3.8) is 0 Å². The van der Waals surface area contributed by atoms with Gasteiger partial charge in [-0.15, -0.1) is 0 Å². The molecule has 2 aliphatic rings. The van der Waals surface area contributed by atoms with Gasteiger partial charge in [0.05, 0.1) is 12.6 Å². The summed E-state index contributed by atoms with van der Waals surface area (Å²) in [4.78, 5) is 19.9. The Kier molecular flexibility index (Phi) is 8.03. The average molecular weight is 378 g/mol. The molecule has 0 bridgehead atoms. The van der Waals surface area contributed by atoms with Gasteiger partial charge in [-0.1, -0.05) is 0 Å². The molecule has 1 saturated heterocycles. The van der Waals surface area contributed by atoms with E-state index in [4.69, 9.17) is 10.5 Å². The smallest absolute Gasteiger partial charge is 0.242 e. The van der Waals surface area contributed by atoms with Gasteiger partial charge in [-0.3, -0.25) is 9.79 Å². The van der Waals surface area contributed by atoms with Crippen molar-refractivity contribution in [3.05, 3.63) is 35.8 Å². The molecule has 150 valence electrons. The van der Waals surface area contributed by atoms with E-state index in [2.05, 4.69) is 4.99 Å². The van der Waals surface area contributed by atoms with Crippen LogP contribution in [0.4, 0.5) is 4.39 Å². The number of allylic oxidation sites excluding steroid dienone is 2. The summed E-state index contributed by atoms with van der Waals surface area (Å²) in [7, 11) is 1.75. The summed E-state index contributed by atoms with van der Waals surface area (Å²) in [6, 6.07) is -0.0412.